The zero-order valence-electron chi connectivity index (χ0n) is 10.8. The normalized spacial score (nSPS) is 29.2. The van der Waals surface area contributed by atoms with Gasteiger partial charge in [-0.05, 0) is 52.4 Å². The fourth-order valence-electron chi connectivity index (χ4n) is 2.68. The smallest absolute Gasteiger partial charge is 0.160 e. The lowest BCUT2D eigenvalue weighted by atomic mass is 9.75. The second-order valence-corrected chi connectivity index (χ2v) is 6.11. The van der Waals surface area contributed by atoms with Crippen LogP contribution in [-0.2, 0) is 4.74 Å². The Morgan fingerprint density at radius 1 is 1.00 bits per heavy atom. The molecule has 0 radical (unpaired) electrons. The van der Waals surface area contributed by atoms with E-state index in [0.717, 1.165) is 5.92 Å². The first-order valence-electron chi connectivity index (χ1n) is 6.13. The van der Waals surface area contributed by atoms with Crippen LogP contribution in [0.5, 0.6) is 0 Å². The molecule has 90 valence electrons. The zero-order chi connectivity index (χ0) is 11.7. The van der Waals surface area contributed by atoms with Gasteiger partial charge in [-0.1, -0.05) is 19.8 Å². The van der Waals surface area contributed by atoms with E-state index in [9.17, 15) is 5.11 Å². The Morgan fingerprint density at radius 3 is 1.87 bits per heavy atom. The van der Waals surface area contributed by atoms with Crippen molar-refractivity contribution in [1.29, 1.82) is 0 Å². The predicted octanol–water partition coefficient (Wildman–Crippen LogP) is 3.34. The molecule has 1 N–H and O–H groups in total. The SMILES string of the molecule is CC1CCC(C(C)(C)OC(C)(C)O)CC1. The molecular weight excluding hydrogens is 188 g/mol. The highest BCUT2D eigenvalue weighted by molar-refractivity contribution is 4.84. The van der Waals surface area contributed by atoms with Crippen molar-refractivity contribution in [3.8, 4) is 0 Å². The van der Waals surface area contributed by atoms with Gasteiger partial charge in [-0.3, -0.25) is 0 Å². The van der Waals surface area contributed by atoms with E-state index < -0.39 is 5.79 Å². The standard InChI is InChI=1S/C13H26O2/c1-10-6-8-11(9-7-10)12(2,3)15-13(4,5)14/h10-11,14H,6-9H2,1-5H3. The molecular formula is C13H26O2. The Balaban J connectivity index is 2.54. The van der Waals surface area contributed by atoms with Gasteiger partial charge < -0.3 is 9.84 Å². The molecule has 0 aromatic rings. The monoisotopic (exact) mass is 214 g/mol. The molecule has 1 aliphatic carbocycles. The molecule has 0 unspecified atom stereocenters. The number of aliphatic hydroxyl groups is 1. The molecule has 1 fully saturated rings. The summed E-state index contributed by atoms with van der Waals surface area (Å²) in [4.78, 5) is 0. The Hall–Kier alpha value is -0.0800. The molecule has 2 nitrogen and oxygen atoms in total. The molecule has 0 atom stereocenters. The van der Waals surface area contributed by atoms with Crippen molar-refractivity contribution in [2.45, 2.75) is 71.7 Å². The van der Waals surface area contributed by atoms with Crippen molar-refractivity contribution in [3.05, 3.63) is 0 Å². The first-order valence-corrected chi connectivity index (χ1v) is 6.13. The van der Waals surface area contributed by atoms with Gasteiger partial charge >= 0.3 is 0 Å². The predicted molar refractivity (Wildman–Crippen MR) is 62.6 cm³/mol. The molecule has 0 heterocycles. The van der Waals surface area contributed by atoms with Gasteiger partial charge in [-0.15, -0.1) is 0 Å². The number of rotatable bonds is 3. The number of hydrogen-bond acceptors (Lipinski definition) is 2. The van der Waals surface area contributed by atoms with Crippen LogP contribution in [0.15, 0.2) is 0 Å². The summed E-state index contributed by atoms with van der Waals surface area (Å²) in [5.41, 5.74) is -0.210. The molecule has 1 aliphatic rings. The molecule has 0 bridgehead atoms. The molecule has 1 saturated carbocycles. The van der Waals surface area contributed by atoms with Crippen molar-refractivity contribution in [1.82, 2.24) is 0 Å². The maximum atomic E-state index is 9.71. The molecule has 0 saturated heterocycles. The Morgan fingerprint density at radius 2 is 1.47 bits per heavy atom. The van der Waals surface area contributed by atoms with Crippen LogP contribution in [0, 0.1) is 11.8 Å². The van der Waals surface area contributed by atoms with Crippen LogP contribution in [0.4, 0.5) is 0 Å². The van der Waals surface area contributed by atoms with Gasteiger partial charge in [0.05, 0.1) is 5.60 Å². The van der Waals surface area contributed by atoms with Crippen LogP contribution in [0.2, 0.25) is 0 Å². The van der Waals surface area contributed by atoms with Gasteiger partial charge in [0.25, 0.3) is 0 Å². The zero-order valence-corrected chi connectivity index (χ0v) is 10.8. The molecule has 0 amide bonds. The second kappa shape index (κ2) is 4.42. The van der Waals surface area contributed by atoms with E-state index >= 15 is 0 Å². The van der Waals surface area contributed by atoms with E-state index in [1.165, 1.54) is 25.7 Å². The van der Waals surface area contributed by atoms with E-state index in [4.69, 9.17) is 4.74 Å². The molecule has 0 aromatic heterocycles. The lowest BCUT2D eigenvalue weighted by molar-refractivity contribution is -0.252. The average Bonchev–Trinajstić information content (AvgIpc) is 2.00. The summed E-state index contributed by atoms with van der Waals surface area (Å²) >= 11 is 0. The summed E-state index contributed by atoms with van der Waals surface area (Å²) < 4.78 is 5.76. The molecule has 0 aromatic carbocycles. The Kier molecular flexibility index (Phi) is 3.83. The first-order chi connectivity index (χ1) is 6.71. The average molecular weight is 214 g/mol. The van der Waals surface area contributed by atoms with E-state index in [1.54, 1.807) is 13.8 Å². The minimum Gasteiger partial charge on any atom is -0.366 e. The molecule has 2 heteroatoms. The highest BCUT2D eigenvalue weighted by Gasteiger charge is 2.36. The minimum atomic E-state index is -1.02. The van der Waals surface area contributed by atoms with E-state index in [1.807, 2.05) is 0 Å². The quantitative estimate of drug-likeness (QED) is 0.730. The third kappa shape index (κ3) is 4.12. The van der Waals surface area contributed by atoms with E-state index in [0.29, 0.717) is 5.92 Å². The second-order valence-electron chi connectivity index (χ2n) is 6.11. The fraction of sp³-hybridized carbons (Fsp3) is 1.00. The van der Waals surface area contributed by atoms with Gasteiger partial charge in [0.2, 0.25) is 0 Å². The number of ether oxygens (including phenoxy) is 1. The van der Waals surface area contributed by atoms with Crippen LogP contribution in [-0.4, -0.2) is 16.5 Å². The minimum absolute atomic E-state index is 0.210. The maximum absolute atomic E-state index is 9.71. The summed E-state index contributed by atoms with van der Waals surface area (Å²) in [6.45, 7) is 9.94. The maximum Gasteiger partial charge on any atom is 0.160 e. The summed E-state index contributed by atoms with van der Waals surface area (Å²) in [6, 6.07) is 0. The summed E-state index contributed by atoms with van der Waals surface area (Å²) in [5.74, 6) is 0.423. The van der Waals surface area contributed by atoms with Gasteiger partial charge in [0, 0.05) is 0 Å². The molecule has 1 rings (SSSR count). The van der Waals surface area contributed by atoms with Crippen LogP contribution in [0.1, 0.15) is 60.3 Å². The highest BCUT2D eigenvalue weighted by atomic mass is 16.6. The van der Waals surface area contributed by atoms with E-state index in [2.05, 4.69) is 20.8 Å². The topological polar surface area (TPSA) is 29.5 Å². The van der Waals surface area contributed by atoms with Crippen LogP contribution in [0.25, 0.3) is 0 Å². The molecule has 0 spiro atoms. The lowest BCUT2D eigenvalue weighted by Crippen LogP contribution is -2.43. The van der Waals surface area contributed by atoms with Gasteiger partial charge in [-0.2, -0.15) is 0 Å². The Labute approximate surface area is 94.0 Å². The van der Waals surface area contributed by atoms with Crippen LogP contribution < -0.4 is 0 Å². The van der Waals surface area contributed by atoms with Crippen molar-refractivity contribution in [2.24, 2.45) is 11.8 Å². The lowest BCUT2D eigenvalue weighted by Gasteiger charge is -2.41. The first kappa shape index (κ1) is 13.0. The van der Waals surface area contributed by atoms with E-state index in [-0.39, 0.29) is 5.60 Å². The fourth-order valence-corrected chi connectivity index (χ4v) is 2.68. The van der Waals surface area contributed by atoms with Gasteiger partial charge in [0.15, 0.2) is 5.79 Å². The molecule has 0 aliphatic heterocycles. The van der Waals surface area contributed by atoms with Gasteiger partial charge in [-0.25, -0.2) is 0 Å². The third-order valence-electron chi connectivity index (χ3n) is 3.51. The summed E-state index contributed by atoms with van der Waals surface area (Å²) in [7, 11) is 0. The van der Waals surface area contributed by atoms with Crippen LogP contribution >= 0.6 is 0 Å². The Bertz CT molecular complexity index is 195. The van der Waals surface area contributed by atoms with Crippen molar-refractivity contribution < 1.29 is 9.84 Å². The largest absolute Gasteiger partial charge is 0.366 e. The summed E-state index contributed by atoms with van der Waals surface area (Å²) in [6.07, 6.45) is 5.04. The van der Waals surface area contributed by atoms with Crippen LogP contribution in [0.3, 0.4) is 0 Å². The van der Waals surface area contributed by atoms with Crippen molar-refractivity contribution in [3.63, 3.8) is 0 Å². The number of hydrogen-bond donors (Lipinski definition) is 1. The van der Waals surface area contributed by atoms with Gasteiger partial charge in [0.1, 0.15) is 0 Å². The summed E-state index contributed by atoms with van der Waals surface area (Å²) in [5, 5.41) is 9.71. The van der Waals surface area contributed by atoms with Crippen molar-refractivity contribution >= 4 is 0 Å². The van der Waals surface area contributed by atoms with Crippen molar-refractivity contribution in [2.75, 3.05) is 0 Å². The molecule has 15 heavy (non-hydrogen) atoms. The third-order valence-corrected chi connectivity index (χ3v) is 3.51. The highest BCUT2D eigenvalue weighted by Crippen LogP contribution is 2.38.